The van der Waals surface area contributed by atoms with E-state index >= 15 is 0 Å². The molecule has 2 aliphatic rings. The molecule has 7 heteroatoms. The Bertz CT molecular complexity index is 2680. The number of nitrogens with zero attached hydrogens (tertiary/aromatic N) is 6. The molecule has 0 amide bonds. The Morgan fingerprint density at radius 1 is 0.385 bits per heavy atom. The van der Waals surface area contributed by atoms with Gasteiger partial charge in [0.25, 0.3) is 0 Å². The van der Waals surface area contributed by atoms with Crippen molar-refractivity contribution in [3.05, 3.63) is 182 Å². The highest BCUT2D eigenvalue weighted by Gasteiger charge is 2.53. The standard InChI is InChI=1S/C45H30N6Si/c1-2-15-31(16-3-1)49-35-19-6-10-24-40(35)52(41-25-11-7-20-36(41)49)42-26-12-8-21-37(42)50(38-22-9-13-27-43(38)52)32-29-47-45(48-30-32)51-34-18-5-4-17-33(34)44-39(51)23-14-28-46-44/h1-30H. The molecular formula is C45H30N6Si. The van der Waals surface area contributed by atoms with Crippen molar-refractivity contribution in [3.8, 4) is 5.95 Å². The second-order valence-electron chi connectivity index (χ2n) is 13.3. The van der Waals surface area contributed by atoms with Gasteiger partial charge in [-0.1, -0.05) is 109 Å². The summed E-state index contributed by atoms with van der Waals surface area (Å²) in [5.41, 5.74) is 9.79. The van der Waals surface area contributed by atoms with Crippen molar-refractivity contribution in [1.29, 1.82) is 0 Å². The normalized spacial score (nSPS) is 13.8. The van der Waals surface area contributed by atoms with Crippen LogP contribution in [-0.2, 0) is 0 Å². The summed E-state index contributed by atoms with van der Waals surface area (Å²) in [5.74, 6) is 0.614. The number of fused-ring (bicyclic) bond motifs is 11. The van der Waals surface area contributed by atoms with E-state index in [-0.39, 0.29) is 0 Å². The topological polar surface area (TPSA) is 50.1 Å². The number of benzene rings is 6. The van der Waals surface area contributed by atoms with Crippen LogP contribution in [0.5, 0.6) is 0 Å². The lowest BCUT2D eigenvalue weighted by Crippen LogP contribution is -2.79. The van der Waals surface area contributed by atoms with Crippen LogP contribution in [0.15, 0.2) is 182 Å². The van der Waals surface area contributed by atoms with E-state index in [0.29, 0.717) is 5.95 Å². The summed E-state index contributed by atoms with van der Waals surface area (Å²) < 4.78 is 2.11. The number of aromatic nitrogens is 4. The van der Waals surface area contributed by atoms with E-state index in [1.165, 1.54) is 32.1 Å². The van der Waals surface area contributed by atoms with Crippen LogP contribution in [0.1, 0.15) is 0 Å². The summed E-state index contributed by atoms with van der Waals surface area (Å²) in [4.78, 5) is 19.6. The van der Waals surface area contributed by atoms with E-state index in [2.05, 4.69) is 160 Å². The molecular weight excluding hydrogens is 653 g/mol. The number of hydrogen-bond acceptors (Lipinski definition) is 5. The maximum Gasteiger partial charge on any atom is 0.234 e. The lowest BCUT2D eigenvalue weighted by molar-refractivity contribution is 0.982. The minimum Gasteiger partial charge on any atom is -0.311 e. The van der Waals surface area contributed by atoms with Crippen LogP contribution >= 0.6 is 0 Å². The fourth-order valence-corrected chi connectivity index (χ4v) is 14.2. The van der Waals surface area contributed by atoms with Crippen LogP contribution in [0.3, 0.4) is 0 Å². The third-order valence-corrected chi connectivity index (χ3v) is 15.6. The molecule has 0 radical (unpaired) electrons. The van der Waals surface area contributed by atoms with Gasteiger partial charge in [0.2, 0.25) is 5.95 Å². The molecule has 6 aromatic carbocycles. The molecule has 0 saturated carbocycles. The van der Waals surface area contributed by atoms with Gasteiger partial charge in [0.05, 0.1) is 34.6 Å². The Kier molecular flexibility index (Phi) is 6.17. The van der Waals surface area contributed by atoms with Gasteiger partial charge in [-0.15, -0.1) is 0 Å². The predicted molar refractivity (Wildman–Crippen MR) is 214 cm³/mol. The number of rotatable bonds is 3. The molecule has 0 atom stereocenters. The summed E-state index contributed by atoms with van der Waals surface area (Å²) in [6, 6.07) is 59.1. The Hall–Kier alpha value is -6.83. The Morgan fingerprint density at radius 3 is 1.42 bits per heavy atom. The first-order chi connectivity index (χ1) is 25.8. The van der Waals surface area contributed by atoms with Crippen molar-refractivity contribution >= 4 is 84.9 Å². The SMILES string of the molecule is c1ccc(N2c3ccccc3[Si]3(c4ccccc42)c2ccccc2N(c2cnc(-n4c5ccccc5c5ncccc54)nc2)c2ccccc23)cc1. The molecule has 0 N–H and O–H groups in total. The molecule has 6 nitrogen and oxygen atoms in total. The van der Waals surface area contributed by atoms with Crippen LogP contribution in [0.4, 0.5) is 34.1 Å². The number of para-hydroxylation sites is 6. The van der Waals surface area contributed by atoms with Gasteiger partial charge in [-0.25, -0.2) is 9.97 Å². The lowest BCUT2D eigenvalue weighted by atomic mass is 10.1. The minimum atomic E-state index is -2.85. The van der Waals surface area contributed by atoms with Gasteiger partial charge in [0, 0.05) is 40.0 Å². The van der Waals surface area contributed by atoms with Gasteiger partial charge in [0.15, 0.2) is 8.07 Å². The molecule has 1 spiro atoms. The van der Waals surface area contributed by atoms with E-state index in [9.17, 15) is 0 Å². The molecule has 11 rings (SSSR count). The van der Waals surface area contributed by atoms with Crippen LogP contribution in [0, 0.1) is 0 Å². The molecule has 0 aliphatic carbocycles. The van der Waals surface area contributed by atoms with Crippen molar-refractivity contribution in [2.24, 2.45) is 0 Å². The van der Waals surface area contributed by atoms with Crippen LogP contribution in [0.2, 0.25) is 0 Å². The Labute approximate surface area is 301 Å². The summed E-state index contributed by atoms with van der Waals surface area (Å²) in [5, 5.41) is 6.53. The second kappa shape index (κ2) is 11.1. The Morgan fingerprint density at radius 2 is 0.846 bits per heavy atom. The number of anilines is 6. The highest BCUT2D eigenvalue weighted by molar-refractivity contribution is 7.23. The van der Waals surface area contributed by atoms with E-state index in [1.807, 2.05) is 36.8 Å². The first-order valence-corrected chi connectivity index (χ1v) is 19.5. The molecule has 0 saturated heterocycles. The number of pyridine rings is 1. The van der Waals surface area contributed by atoms with E-state index < -0.39 is 8.07 Å². The third-order valence-electron chi connectivity index (χ3n) is 10.7. The summed E-state index contributed by atoms with van der Waals surface area (Å²) in [6.07, 6.45) is 5.77. The van der Waals surface area contributed by atoms with Crippen LogP contribution in [-0.4, -0.2) is 27.6 Å². The van der Waals surface area contributed by atoms with E-state index in [1.54, 1.807) is 0 Å². The van der Waals surface area contributed by atoms with Gasteiger partial charge in [-0.05, 0) is 75.3 Å². The van der Waals surface area contributed by atoms with Crippen molar-refractivity contribution < 1.29 is 0 Å². The average Bonchev–Trinajstić information content (AvgIpc) is 3.56. The maximum atomic E-state index is 5.05. The largest absolute Gasteiger partial charge is 0.311 e. The van der Waals surface area contributed by atoms with Gasteiger partial charge in [-0.2, -0.15) is 0 Å². The predicted octanol–water partition coefficient (Wildman–Crippen LogP) is 7.91. The van der Waals surface area contributed by atoms with Crippen molar-refractivity contribution in [3.63, 3.8) is 0 Å². The highest BCUT2D eigenvalue weighted by Crippen LogP contribution is 2.43. The van der Waals surface area contributed by atoms with Crippen molar-refractivity contribution in [2.75, 3.05) is 9.80 Å². The second-order valence-corrected chi connectivity index (χ2v) is 16.9. The minimum absolute atomic E-state index is 0.614. The van der Waals surface area contributed by atoms with Crippen molar-refractivity contribution in [1.82, 2.24) is 19.5 Å². The van der Waals surface area contributed by atoms with Crippen LogP contribution in [0.25, 0.3) is 27.9 Å². The summed E-state index contributed by atoms with van der Waals surface area (Å²) in [6.45, 7) is 0. The molecule has 5 heterocycles. The summed E-state index contributed by atoms with van der Waals surface area (Å²) >= 11 is 0. The number of hydrogen-bond donors (Lipinski definition) is 0. The Balaban J connectivity index is 1.14. The van der Waals surface area contributed by atoms with E-state index in [0.717, 1.165) is 44.7 Å². The molecule has 0 unspecified atom stereocenters. The zero-order chi connectivity index (χ0) is 34.2. The van der Waals surface area contributed by atoms with Crippen LogP contribution < -0.4 is 30.5 Å². The molecule has 2 aliphatic heterocycles. The molecule has 9 aromatic rings. The molecule has 3 aromatic heterocycles. The van der Waals surface area contributed by atoms with Gasteiger partial charge >= 0.3 is 0 Å². The highest BCUT2D eigenvalue weighted by atomic mass is 28.3. The summed E-state index contributed by atoms with van der Waals surface area (Å²) in [7, 11) is -2.85. The first kappa shape index (κ1) is 29.0. The molecule has 52 heavy (non-hydrogen) atoms. The fourth-order valence-electron chi connectivity index (χ4n) is 8.75. The lowest BCUT2D eigenvalue weighted by Gasteiger charge is -2.49. The molecule has 0 bridgehead atoms. The molecule has 244 valence electrons. The van der Waals surface area contributed by atoms with Crippen molar-refractivity contribution in [2.45, 2.75) is 0 Å². The maximum absolute atomic E-state index is 5.05. The van der Waals surface area contributed by atoms with Gasteiger partial charge in [0.1, 0.15) is 0 Å². The quantitative estimate of drug-likeness (QED) is 0.177. The monoisotopic (exact) mass is 682 g/mol. The zero-order valence-electron chi connectivity index (χ0n) is 28.0. The van der Waals surface area contributed by atoms with Gasteiger partial charge in [-0.3, -0.25) is 9.55 Å². The smallest absolute Gasteiger partial charge is 0.234 e. The van der Waals surface area contributed by atoms with E-state index in [4.69, 9.17) is 15.0 Å². The molecule has 0 fully saturated rings. The zero-order valence-corrected chi connectivity index (χ0v) is 29.0. The fraction of sp³-hybridized carbons (Fsp3) is 0. The third kappa shape index (κ3) is 3.85. The first-order valence-electron chi connectivity index (χ1n) is 17.5. The van der Waals surface area contributed by atoms with Gasteiger partial charge < -0.3 is 9.80 Å². The average molecular weight is 683 g/mol.